The zero-order valence-corrected chi connectivity index (χ0v) is 19.6. The number of carbonyl (C=O) groups is 3. The quantitative estimate of drug-likeness (QED) is 0.677. The van der Waals surface area contributed by atoms with Gasteiger partial charge in [-0.3, -0.25) is 19.2 Å². The first-order valence-corrected chi connectivity index (χ1v) is 11.9. The number of nitrogens with zero attached hydrogens (tertiary/aromatic N) is 3. The number of amides is 2. The summed E-state index contributed by atoms with van der Waals surface area (Å²) < 4.78 is 6.53. The predicted octanol–water partition coefficient (Wildman–Crippen LogP) is 3.49. The van der Waals surface area contributed by atoms with Crippen molar-refractivity contribution in [3.63, 3.8) is 0 Å². The topological polar surface area (TPSA) is 93.5 Å². The number of anilines is 1. The molecular formula is C25H32N4O4. The van der Waals surface area contributed by atoms with E-state index in [0.717, 1.165) is 37.7 Å². The molecule has 1 aromatic heterocycles. The molecule has 1 aromatic carbocycles. The molecule has 1 saturated carbocycles. The van der Waals surface area contributed by atoms with Crippen LogP contribution in [0.4, 0.5) is 5.69 Å². The maximum atomic E-state index is 13.8. The number of aryl methyl sites for hydroxylation is 1. The lowest BCUT2D eigenvalue weighted by Crippen LogP contribution is -2.65. The summed E-state index contributed by atoms with van der Waals surface area (Å²) >= 11 is 0. The fraction of sp³-hybridized carbons (Fsp3) is 0.520. The number of hydrogen-bond acceptors (Lipinski definition) is 5. The summed E-state index contributed by atoms with van der Waals surface area (Å²) in [5, 5.41) is 7.51. The molecule has 2 heterocycles. The predicted molar refractivity (Wildman–Crippen MR) is 124 cm³/mol. The van der Waals surface area contributed by atoms with Crippen LogP contribution in [-0.2, 0) is 22.5 Å². The van der Waals surface area contributed by atoms with Gasteiger partial charge in [-0.2, -0.15) is 5.10 Å². The molecule has 0 radical (unpaired) electrons. The third kappa shape index (κ3) is 4.38. The van der Waals surface area contributed by atoms with E-state index < -0.39 is 11.5 Å². The molecule has 176 valence electrons. The van der Waals surface area contributed by atoms with Crippen molar-refractivity contribution < 1.29 is 19.1 Å². The first-order chi connectivity index (χ1) is 15.9. The summed E-state index contributed by atoms with van der Waals surface area (Å²) in [4.78, 5) is 41.3. The summed E-state index contributed by atoms with van der Waals surface area (Å²) in [5.41, 5.74) is 0.862. The second kappa shape index (κ2) is 9.37. The minimum atomic E-state index is -1.20. The molecule has 8 nitrogen and oxygen atoms in total. The zero-order valence-electron chi connectivity index (χ0n) is 19.6. The molecular weight excluding hydrogens is 420 g/mol. The van der Waals surface area contributed by atoms with Gasteiger partial charge in [-0.1, -0.05) is 38.3 Å². The van der Waals surface area contributed by atoms with Crippen LogP contribution in [0, 0.1) is 0 Å². The Hall–Kier alpha value is -3.16. The number of esters is 1. The Bertz CT molecular complexity index is 1060. The van der Waals surface area contributed by atoms with Crippen molar-refractivity contribution in [1.29, 1.82) is 0 Å². The van der Waals surface area contributed by atoms with Gasteiger partial charge in [0.05, 0.1) is 13.2 Å². The van der Waals surface area contributed by atoms with Crippen molar-refractivity contribution in [3.05, 3.63) is 47.3 Å². The van der Waals surface area contributed by atoms with Crippen LogP contribution in [0.5, 0.6) is 0 Å². The minimum Gasteiger partial charge on any atom is -0.461 e. The van der Waals surface area contributed by atoms with Gasteiger partial charge in [-0.05, 0) is 50.8 Å². The van der Waals surface area contributed by atoms with Crippen molar-refractivity contribution >= 4 is 23.5 Å². The summed E-state index contributed by atoms with van der Waals surface area (Å²) in [6, 6.07) is 9.26. The van der Waals surface area contributed by atoms with E-state index in [1.54, 1.807) is 18.7 Å². The average Bonchev–Trinajstić information content (AvgIpc) is 3.24. The number of rotatable bonds is 6. The molecule has 8 heteroatoms. The summed E-state index contributed by atoms with van der Waals surface area (Å²) in [6.45, 7) is 5.89. The fourth-order valence-electron chi connectivity index (χ4n) is 4.79. The Balaban J connectivity index is 1.75. The molecule has 2 aliphatic rings. The first-order valence-electron chi connectivity index (χ1n) is 11.9. The van der Waals surface area contributed by atoms with E-state index in [1.807, 2.05) is 31.2 Å². The smallest absolute Gasteiger partial charge is 0.358 e. The fourth-order valence-corrected chi connectivity index (χ4v) is 4.79. The monoisotopic (exact) mass is 452 g/mol. The molecule has 1 aliphatic heterocycles. The lowest BCUT2D eigenvalue weighted by molar-refractivity contribution is -0.127. The van der Waals surface area contributed by atoms with Crippen LogP contribution in [0.2, 0.25) is 0 Å². The Morgan fingerprint density at radius 2 is 1.94 bits per heavy atom. The van der Waals surface area contributed by atoms with Crippen molar-refractivity contribution in [2.24, 2.45) is 0 Å². The van der Waals surface area contributed by atoms with Crippen LogP contribution in [0.3, 0.4) is 0 Å². The number of benzene rings is 1. The molecule has 0 unspecified atom stereocenters. The van der Waals surface area contributed by atoms with Crippen LogP contribution in [0.1, 0.15) is 79.4 Å². The van der Waals surface area contributed by atoms with Crippen LogP contribution >= 0.6 is 0 Å². The number of fused-ring (bicyclic) bond motifs is 1. The number of nitrogens with one attached hydrogen (secondary N) is 1. The van der Waals surface area contributed by atoms with Gasteiger partial charge in [0.15, 0.2) is 5.69 Å². The highest BCUT2D eigenvalue weighted by Gasteiger charge is 2.49. The van der Waals surface area contributed by atoms with E-state index in [4.69, 9.17) is 4.74 Å². The van der Waals surface area contributed by atoms with Gasteiger partial charge in [-0.25, -0.2) is 4.79 Å². The van der Waals surface area contributed by atoms with E-state index in [1.165, 1.54) is 17.2 Å². The summed E-state index contributed by atoms with van der Waals surface area (Å²) in [5.74, 6) is -1.15. The standard InChI is InChI=1S/C25H32N4O4/c1-4-17-10-9-13-19(14-17)29-22(30)21-15-20(23(31)33-5-2)27-28(21)16-25(29,3)24(32)26-18-11-7-6-8-12-18/h9-10,13-15,18H,4-8,11-12,16H2,1-3H3,(H,26,32)/t25-/m0/s1. The van der Waals surface area contributed by atoms with Crippen LogP contribution in [0.15, 0.2) is 30.3 Å². The number of carbonyl (C=O) groups excluding carboxylic acids is 3. The number of ether oxygens (including phenoxy) is 1. The largest absolute Gasteiger partial charge is 0.461 e. The lowest BCUT2D eigenvalue weighted by Gasteiger charge is -2.44. The van der Waals surface area contributed by atoms with Crippen molar-refractivity contribution in [3.8, 4) is 0 Å². The molecule has 1 fully saturated rings. The van der Waals surface area contributed by atoms with E-state index in [-0.39, 0.29) is 42.4 Å². The molecule has 2 aromatic rings. The van der Waals surface area contributed by atoms with E-state index in [2.05, 4.69) is 10.4 Å². The third-order valence-electron chi connectivity index (χ3n) is 6.64. The maximum Gasteiger partial charge on any atom is 0.358 e. The molecule has 1 atom stereocenters. The SMILES string of the molecule is CCOC(=O)c1cc2n(n1)C[C@@](C)(C(=O)NC1CCCCC1)N(c1cccc(CC)c1)C2=O. The highest BCUT2D eigenvalue weighted by atomic mass is 16.5. The van der Waals surface area contributed by atoms with Crippen LogP contribution in [0.25, 0.3) is 0 Å². The third-order valence-corrected chi connectivity index (χ3v) is 6.64. The molecule has 1 N–H and O–H groups in total. The highest BCUT2D eigenvalue weighted by Crippen LogP contribution is 2.34. The molecule has 0 bridgehead atoms. The minimum absolute atomic E-state index is 0.0689. The van der Waals surface area contributed by atoms with Gasteiger partial charge in [0.2, 0.25) is 5.91 Å². The second-order valence-electron chi connectivity index (χ2n) is 9.04. The Morgan fingerprint density at radius 3 is 2.64 bits per heavy atom. The van der Waals surface area contributed by atoms with Gasteiger partial charge in [0, 0.05) is 17.8 Å². The Kier molecular flexibility index (Phi) is 6.54. The molecule has 2 amide bonds. The number of aromatic nitrogens is 2. The molecule has 1 aliphatic carbocycles. The average molecular weight is 453 g/mol. The summed E-state index contributed by atoms with van der Waals surface area (Å²) in [6.07, 6.45) is 6.07. The van der Waals surface area contributed by atoms with Gasteiger partial charge in [-0.15, -0.1) is 0 Å². The lowest BCUT2D eigenvalue weighted by atomic mass is 9.91. The zero-order chi connectivity index (χ0) is 23.6. The van der Waals surface area contributed by atoms with E-state index in [9.17, 15) is 14.4 Å². The molecule has 33 heavy (non-hydrogen) atoms. The Morgan fingerprint density at radius 1 is 1.18 bits per heavy atom. The molecule has 4 rings (SSSR count). The van der Waals surface area contributed by atoms with Gasteiger partial charge < -0.3 is 10.1 Å². The normalized spacial score (nSPS) is 20.9. The van der Waals surface area contributed by atoms with Crippen LogP contribution < -0.4 is 10.2 Å². The molecule has 0 saturated heterocycles. The van der Waals surface area contributed by atoms with Gasteiger partial charge in [0.1, 0.15) is 11.2 Å². The van der Waals surface area contributed by atoms with Gasteiger partial charge >= 0.3 is 5.97 Å². The van der Waals surface area contributed by atoms with Gasteiger partial charge in [0.25, 0.3) is 5.91 Å². The summed E-state index contributed by atoms with van der Waals surface area (Å²) in [7, 11) is 0. The number of hydrogen-bond donors (Lipinski definition) is 1. The van der Waals surface area contributed by atoms with E-state index in [0.29, 0.717) is 5.69 Å². The Labute approximate surface area is 194 Å². The van der Waals surface area contributed by atoms with E-state index >= 15 is 0 Å². The molecule has 0 spiro atoms. The van der Waals surface area contributed by atoms with Crippen molar-refractivity contribution in [1.82, 2.24) is 15.1 Å². The second-order valence-corrected chi connectivity index (χ2v) is 9.04. The highest BCUT2D eigenvalue weighted by molar-refractivity contribution is 6.12. The first kappa shape index (κ1) is 23.0. The van der Waals surface area contributed by atoms with Crippen molar-refractivity contribution in [2.45, 2.75) is 77.4 Å². The maximum absolute atomic E-state index is 13.8. The van der Waals surface area contributed by atoms with Crippen molar-refractivity contribution in [2.75, 3.05) is 11.5 Å². The van der Waals surface area contributed by atoms with Crippen LogP contribution in [-0.4, -0.2) is 45.8 Å².